The van der Waals surface area contributed by atoms with Gasteiger partial charge in [0.15, 0.2) is 0 Å². The zero-order valence-electron chi connectivity index (χ0n) is 22.8. The summed E-state index contributed by atoms with van der Waals surface area (Å²) in [7, 11) is 1.25. The number of rotatable bonds is 10. The SMILES string of the molecule is COC(=O)N[C@H](C(=O)Nc1ccccc1CC[C@@H]1CN(C(=O)O)C[C@@H](CO)O1)C(c1ccccc1)c1ccccc1. The number of alkyl carbamates (subject to hydrolysis) is 1. The highest BCUT2D eigenvalue weighted by Gasteiger charge is 2.34. The van der Waals surface area contributed by atoms with Gasteiger partial charge >= 0.3 is 12.2 Å². The van der Waals surface area contributed by atoms with E-state index in [1.165, 1.54) is 12.0 Å². The summed E-state index contributed by atoms with van der Waals surface area (Å²) in [6, 6.07) is 25.3. The Morgan fingerprint density at radius 3 is 2.10 bits per heavy atom. The van der Waals surface area contributed by atoms with Gasteiger partial charge in [0, 0.05) is 11.6 Å². The smallest absolute Gasteiger partial charge is 0.407 e. The van der Waals surface area contributed by atoms with E-state index in [4.69, 9.17) is 9.47 Å². The van der Waals surface area contributed by atoms with Crippen LogP contribution in [0, 0.1) is 0 Å². The van der Waals surface area contributed by atoms with Gasteiger partial charge in [-0.15, -0.1) is 0 Å². The fourth-order valence-electron chi connectivity index (χ4n) is 5.11. The molecule has 10 nitrogen and oxygen atoms in total. The van der Waals surface area contributed by atoms with Crippen LogP contribution in [0.3, 0.4) is 0 Å². The summed E-state index contributed by atoms with van der Waals surface area (Å²) in [6.45, 7) is 0.0420. The molecule has 0 unspecified atom stereocenters. The Hall–Kier alpha value is -4.41. The van der Waals surface area contributed by atoms with Gasteiger partial charge < -0.3 is 35.2 Å². The van der Waals surface area contributed by atoms with Crippen LogP contribution in [0.1, 0.15) is 29.0 Å². The number of para-hydroxylation sites is 1. The number of nitrogens with one attached hydrogen (secondary N) is 2. The maximum atomic E-state index is 13.9. The van der Waals surface area contributed by atoms with Crippen molar-refractivity contribution in [3.63, 3.8) is 0 Å². The monoisotopic (exact) mass is 561 g/mol. The van der Waals surface area contributed by atoms with Crippen molar-refractivity contribution in [1.82, 2.24) is 10.2 Å². The molecule has 1 aliphatic heterocycles. The first-order valence-electron chi connectivity index (χ1n) is 13.5. The predicted molar refractivity (Wildman–Crippen MR) is 153 cm³/mol. The first-order chi connectivity index (χ1) is 19.9. The number of methoxy groups -OCH3 is 1. The van der Waals surface area contributed by atoms with E-state index >= 15 is 0 Å². The van der Waals surface area contributed by atoms with Gasteiger partial charge in [-0.2, -0.15) is 0 Å². The van der Waals surface area contributed by atoms with Gasteiger partial charge in [0.25, 0.3) is 0 Å². The van der Waals surface area contributed by atoms with E-state index in [0.717, 1.165) is 16.7 Å². The Labute approximate surface area is 238 Å². The summed E-state index contributed by atoms with van der Waals surface area (Å²) in [5.74, 6) is -0.927. The van der Waals surface area contributed by atoms with Gasteiger partial charge in [0.1, 0.15) is 6.04 Å². The zero-order valence-corrected chi connectivity index (χ0v) is 22.8. The Balaban J connectivity index is 1.57. The quantitative estimate of drug-likeness (QED) is 0.295. The molecule has 216 valence electrons. The number of amides is 3. The number of aryl methyl sites for hydroxylation is 1. The second-order valence-corrected chi connectivity index (χ2v) is 9.85. The molecule has 0 saturated carbocycles. The summed E-state index contributed by atoms with van der Waals surface area (Å²) in [5, 5.41) is 24.7. The lowest BCUT2D eigenvalue weighted by atomic mass is 9.84. The average Bonchev–Trinajstić information content (AvgIpc) is 3.01. The molecule has 0 aliphatic carbocycles. The Bertz CT molecular complexity index is 1270. The molecule has 10 heteroatoms. The highest BCUT2D eigenvalue weighted by Crippen LogP contribution is 2.30. The van der Waals surface area contributed by atoms with Crippen molar-refractivity contribution in [3.05, 3.63) is 102 Å². The molecule has 0 aromatic heterocycles. The van der Waals surface area contributed by atoms with E-state index in [2.05, 4.69) is 10.6 Å². The fourth-order valence-corrected chi connectivity index (χ4v) is 5.11. The van der Waals surface area contributed by atoms with Crippen molar-refractivity contribution < 1.29 is 34.1 Å². The van der Waals surface area contributed by atoms with Crippen molar-refractivity contribution >= 4 is 23.8 Å². The van der Waals surface area contributed by atoms with E-state index in [9.17, 15) is 24.6 Å². The molecule has 3 aromatic carbocycles. The van der Waals surface area contributed by atoms with Crippen LogP contribution >= 0.6 is 0 Å². The molecule has 4 rings (SSSR count). The molecule has 1 heterocycles. The van der Waals surface area contributed by atoms with Gasteiger partial charge in [-0.05, 0) is 35.6 Å². The maximum Gasteiger partial charge on any atom is 0.407 e. The third-order valence-electron chi connectivity index (χ3n) is 7.11. The van der Waals surface area contributed by atoms with Gasteiger partial charge in [-0.3, -0.25) is 4.79 Å². The molecule has 3 amide bonds. The minimum absolute atomic E-state index is 0.119. The number of anilines is 1. The topological polar surface area (TPSA) is 137 Å². The van der Waals surface area contributed by atoms with E-state index in [0.29, 0.717) is 18.5 Å². The standard InChI is InChI=1S/C31H35N3O7/c1-40-30(37)33-28(27(22-11-4-2-5-12-22)23-13-6-3-7-14-23)29(36)32-26-15-9-8-10-21(26)16-17-24-18-34(31(38)39)19-25(20-35)41-24/h2-15,24-25,27-28,35H,16-20H2,1H3,(H,32,36)(H,33,37)(H,38,39)/t24-,25+,28+/m1/s1. The minimum Gasteiger partial charge on any atom is -0.465 e. The highest BCUT2D eigenvalue weighted by atomic mass is 16.5. The number of morpholine rings is 1. The minimum atomic E-state index is -1.06. The first-order valence-corrected chi connectivity index (χ1v) is 13.5. The normalized spacial score (nSPS) is 17.5. The summed E-state index contributed by atoms with van der Waals surface area (Å²) in [6.07, 6.45) is -1.81. The van der Waals surface area contributed by atoms with Crippen LogP contribution in [-0.2, 0) is 20.7 Å². The number of benzene rings is 3. The van der Waals surface area contributed by atoms with Crippen LogP contribution in [-0.4, -0.2) is 78.3 Å². The predicted octanol–water partition coefficient (Wildman–Crippen LogP) is 3.85. The lowest BCUT2D eigenvalue weighted by molar-refractivity contribution is -0.118. The Morgan fingerprint density at radius 1 is 0.927 bits per heavy atom. The molecule has 3 atom stereocenters. The van der Waals surface area contributed by atoms with Gasteiger partial charge in [0.2, 0.25) is 5.91 Å². The van der Waals surface area contributed by atoms with Crippen LogP contribution in [0.5, 0.6) is 0 Å². The lowest BCUT2D eigenvalue weighted by Gasteiger charge is -2.36. The molecule has 0 radical (unpaired) electrons. The second kappa shape index (κ2) is 14.3. The summed E-state index contributed by atoms with van der Waals surface area (Å²) < 4.78 is 10.7. The third kappa shape index (κ3) is 7.84. The van der Waals surface area contributed by atoms with E-state index in [1.54, 1.807) is 12.1 Å². The zero-order chi connectivity index (χ0) is 29.2. The Morgan fingerprint density at radius 2 is 1.51 bits per heavy atom. The van der Waals surface area contributed by atoms with Crippen LogP contribution in [0.4, 0.5) is 15.3 Å². The van der Waals surface area contributed by atoms with E-state index < -0.39 is 42.3 Å². The molecule has 3 aromatic rings. The van der Waals surface area contributed by atoms with Crippen LogP contribution in [0.15, 0.2) is 84.9 Å². The summed E-state index contributed by atoms with van der Waals surface area (Å²) in [5.41, 5.74) is 3.09. The second-order valence-electron chi connectivity index (χ2n) is 9.85. The molecule has 0 spiro atoms. The number of carbonyl (C=O) groups is 3. The van der Waals surface area contributed by atoms with Crippen molar-refractivity contribution in [2.45, 2.75) is 37.0 Å². The van der Waals surface area contributed by atoms with Gasteiger partial charge in [-0.25, -0.2) is 9.59 Å². The van der Waals surface area contributed by atoms with Crippen LogP contribution < -0.4 is 10.6 Å². The molecule has 41 heavy (non-hydrogen) atoms. The molecule has 1 saturated heterocycles. The van der Waals surface area contributed by atoms with Crippen LogP contribution in [0.2, 0.25) is 0 Å². The first kappa shape index (κ1) is 29.6. The summed E-state index contributed by atoms with van der Waals surface area (Å²) in [4.78, 5) is 39.1. The number of ether oxygens (including phenoxy) is 2. The third-order valence-corrected chi connectivity index (χ3v) is 7.11. The number of carboxylic acid groups (broad SMARTS) is 1. The number of hydrogen-bond acceptors (Lipinski definition) is 6. The fraction of sp³-hybridized carbons (Fsp3) is 0.323. The molecule has 4 N–H and O–H groups in total. The van der Waals surface area contributed by atoms with Gasteiger partial charge in [0.05, 0.1) is 39.0 Å². The molecule has 1 fully saturated rings. The summed E-state index contributed by atoms with van der Waals surface area (Å²) >= 11 is 0. The number of carbonyl (C=O) groups excluding carboxylic acids is 2. The van der Waals surface area contributed by atoms with Crippen molar-refractivity contribution in [2.75, 3.05) is 32.1 Å². The maximum absolute atomic E-state index is 13.9. The van der Waals surface area contributed by atoms with Crippen LogP contribution in [0.25, 0.3) is 0 Å². The van der Waals surface area contributed by atoms with Crippen molar-refractivity contribution in [1.29, 1.82) is 0 Å². The van der Waals surface area contributed by atoms with E-state index in [1.807, 2.05) is 72.8 Å². The van der Waals surface area contributed by atoms with Crippen molar-refractivity contribution in [2.24, 2.45) is 0 Å². The number of hydrogen-bond donors (Lipinski definition) is 4. The van der Waals surface area contributed by atoms with E-state index in [-0.39, 0.29) is 19.7 Å². The van der Waals surface area contributed by atoms with Crippen molar-refractivity contribution in [3.8, 4) is 0 Å². The highest BCUT2D eigenvalue weighted by molar-refractivity contribution is 5.98. The Kier molecular flexibility index (Phi) is 10.3. The number of aliphatic hydroxyl groups excluding tert-OH is 1. The number of nitrogens with zero attached hydrogens (tertiary/aromatic N) is 1. The number of aliphatic hydroxyl groups is 1. The largest absolute Gasteiger partial charge is 0.465 e. The van der Waals surface area contributed by atoms with Gasteiger partial charge in [-0.1, -0.05) is 78.9 Å². The lowest BCUT2D eigenvalue weighted by Crippen LogP contribution is -2.50. The molecule has 0 bridgehead atoms. The molecular formula is C31H35N3O7. The molecule has 1 aliphatic rings. The molecular weight excluding hydrogens is 526 g/mol. The average molecular weight is 562 g/mol.